The molecule has 7 heteroatoms. The molecule has 2 heterocycles. The third-order valence-corrected chi connectivity index (χ3v) is 4.25. The Morgan fingerprint density at radius 3 is 2.84 bits per heavy atom. The van der Waals surface area contributed by atoms with Gasteiger partial charge in [0.2, 0.25) is 5.89 Å². The van der Waals surface area contributed by atoms with E-state index in [-0.39, 0.29) is 23.7 Å². The quantitative estimate of drug-likeness (QED) is 0.887. The lowest BCUT2D eigenvalue weighted by Crippen LogP contribution is -2.45. The summed E-state index contributed by atoms with van der Waals surface area (Å²) in [6.45, 7) is 7.73. The minimum absolute atomic E-state index is 0.121. The molecule has 0 saturated heterocycles. The van der Waals surface area contributed by atoms with Crippen molar-refractivity contribution in [1.29, 1.82) is 0 Å². The van der Waals surface area contributed by atoms with E-state index in [1.165, 1.54) is 0 Å². The van der Waals surface area contributed by atoms with Crippen LogP contribution in [0.3, 0.4) is 0 Å². The number of ether oxygens (including phenoxy) is 1. The highest BCUT2D eigenvalue weighted by atomic mass is 16.5. The molecule has 1 aromatic heterocycles. The smallest absolute Gasteiger partial charge is 0.315 e. The van der Waals surface area contributed by atoms with E-state index in [1.54, 1.807) is 6.92 Å². The molecule has 0 fully saturated rings. The number of amides is 2. The van der Waals surface area contributed by atoms with E-state index >= 15 is 0 Å². The van der Waals surface area contributed by atoms with Crippen LogP contribution >= 0.6 is 0 Å². The van der Waals surface area contributed by atoms with Crippen LogP contribution in [0.4, 0.5) is 4.79 Å². The van der Waals surface area contributed by atoms with Crippen LogP contribution in [0.1, 0.15) is 63.0 Å². The van der Waals surface area contributed by atoms with Crippen molar-refractivity contribution < 1.29 is 14.1 Å². The number of benzene rings is 1. The van der Waals surface area contributed by atoms with Crippen LogP contribution in [0.15, 0.2) is 28.8 Å². The van der Waals surface area contributed by atoms with Gasteiger partial charge in [-0.2, -0.15) is 4.98 Å². The molecule has 0 spiro atoms. The molecule has 2 unspecified atom stereocenters. The molecule has 3 rings (SSSR count). The lowest BCUT2D eigenvalue weighted by Gasteiger charge is -2.38. The van der Waals surface area contributed by atoms with Crippen molar-refractivity contribution in [2.75, 3.05) is 0 Å². The molecule has 2 aromatic rings. The molecule has 0 aliphatic carbocycles. The fourth-order valence-corrected chi connectivity index (χ4v) is 3.09. The second-order valence-corrected chi connectivity index (χ2v) is 6.91. The van der Waals surface area contributed by atoms with Crippen molar-refractivity contribution in [3.63, 3.8) is 0 Å². The van der Waals surface area contributed by atoms with Gasteiger partial charge in [0.1, 0.15) is 11.4 Å². The van der Waals surface area contributed by atoms with Crippen LogP contribution in [0.5, 0.6) is 5.75 Å². The number of nitrogens with zero attached hydrogens (tertiary/aromatic N) is 2. The molecule has 2 amide bonds. The Bertz CT molecular complexity index is 756. The van der Waals surface area contributed by atoms with Crippen LogP contribution in [-0.2, 0) is 0 Å². The fourth-order valence-electron chi connectivity index (χ4n) is 3.09. The van der Waals surface area contributed by atoms with Gasteiger partial charge in [0, 0.05) is 18.9 Å². The van der Waals surface area contributed by atoms with E-state index in [4.69, 9.17) is 9.26 Å². The minimum Gasteiger partial charge on any atom is -0.487 e. The number of fused-ring (bicyclic) bond motifs is 1. The summed E-state index contributed by atoms with van der Waals surface area (Å²) < 4.78 is 11.0. The van der Waals surface area contributed by atoms with Crippen LogP contribution in [0, 0.1) is 6.92 Å². The lowest BCUT2D eigenvalue weighted by atomic mass is 9.90. The maximum Gasteiger partial charge on any atom is 0.315 e. The molecular formula is C18H24N4O3. The summed E-state index contributed by atoms with van der Waals surface area (Å²) >= 11 is 0. The number of aryl methyl sites for hydroxylation is 1. The van der Waals surface area contributed by atoms with Gasteiger partial charge in [0.25, 0.3) is 0 Å². The lowest BCUT2D eigenvalue weighted by molar-refractivity contribution is 0.0678. The van der Waals surface area contributed by atoms with Crippen LogP contribution < -0.4 is 15.4 Å². The number of urea groups is 1. The summed E-state index contributed by atoms with van der Waals surface area (Å²) in [5, 5.41) is 9.88. The number of nitrogens with one attached hydrogen (secondary N) is 2. The third-order valence-electron chi connectivity index (χ3n) is 4.25. The standard InChI is InChI=1S/C18H24N4O3/c1-5-13(16-19-11(2)25-22-16)20-17(23)21-14-10-18(3,4)24-15-9-7-6-8-12(14)15/h6-9,13-14H,5,10H2,1-4H3,(H2,20,21,23). The first-order valence-electron chi connectivity index (χ1n) is 8.53. The monoisotopic (exact) mass is 344 g/mol. The number of carbonyl (C=O) groups excluding carboxylic acids is 1. The van der Waals surface area contributed by atoms with Gasteiger partial charge in [-0.25, -0.2) is 4.79 Å². The summed E-state index contributed by atoms with van der Waals surface area (Å²) in [6, 6.07) is 7.12. The van der Waals surface area contributed by atoms with Gasteiger partial charge >= 0.3 is 6.03 Å². The Balaban J connectivity index is 1.72. The molecule has 0 saturated carbocycles. The molecule has 134 valence electrons. The molecule has 0 radical (unpaired) electrons. The van der Waals surface area contributed by atoms with E-state index in [2.05, 4.69) is 20.8 Å². The number of hydrogen-bond acceptors (Lipinski definition) is 5. The van der Waals surface area contributed by atoms with E-state index < -0.39 is 0 Å². The molecule has 1 aromatic carbocycles. The zero-order chi connectivity index (χ0) is 18.0. The van der Waals surface area contributed by atoms with Crippen molar-refractivity contribution in [2.24, 2.45) is 0 Å². The van der Waals surface area contributed by atoms with Gasteiger partial charge in [-0.3, -0.25) is 0 Å². The number of rotatable bonds is 4. The summed E-state index contributed by atoms with van der Waals surface area (Å²) in [4.78, 5) is 16.7. The molecule has 1 aliphatic rings. The van der Waals surface area contributed by atoms with Gasteiger partial charge in [-0.15, -0.1) is 0 Å². The van der Waals surface area contributed by atoms with Crippen LogP contribution in [0.2, 0.25) is 0 Å². The van der Waals surface area contributed by atoms with Crippen LogP contribution in [0.25, 0.3) is 0 Å². The van der Waals surface area contributed by atoms with Gasteiger partial charge < -0.3 is 19.9 Å². The number of aromatic nitrogens is 2. The van der Waals surface area contributed by atoms with E-state index in [0.717, 1.165) is 11.3 Å². The third kappa shape index (κ3) is 3.92. The van der Waals surface area contributed by atoms with Crippen molar-refractivity contribution in [1.82, 2.24) is 20.8 Å². The Morgan fingerprint density at radius 1 is 1.40 bits per heavy atom. The second kappa shape index (κ2) is 6.74. The van der Waals surface area contributed by atoms with Crippen molar-refractivity contribution in [3.8, 4) is 5.75 Å². The van der Waals surface area contributed by atoms with Gasteiger partial charge in [-0.05, 0) is 26.3 Å². The SMILES string of the molecule is CCC(NC(=O)NC1CC(C)(C)Oc2ccccc21)c1noc(C)n1. The first kappa shape index (κ1) is 17.3. The molecule has 1 aliphatic heterocycles. The summed E-state index contributed by atoms with van der Waals surface area (Å²) in [5.74, 6) is 1.78. The van der Waals surface area contributed by atoms with Gasteiger partial charge in [0.05, 0.1) is 12.1 Å². The molecule has 2 atom stereocenters. The molecule has 0 bridgehead atoms. The highest BCUT2D eigenvalue weighted by molar-refractivity contribution is 5.75. The first-order valence-corrected chi connectivity index (χ1v) is 8.53. The fraction of sp³-hybridized carbons (Fsp3) is 0.500. The first-order chi connectivity index (χ1) is 11.9. The Hall–Kier alpha value is -2.57. The second-order valence-electron chi connectivity index (χ2n) is 6.91. The Morgan fingerprint density at radius 2 is 2.16 bits per heavy atom. The summed E-state index contributed by atoms with van der Waals surface area (Å²) in [5.41, 5.74) is 0.641. The molecular weight excluding hydrogens is 320 g/mol. The van der Waals surface area contributed by atoms with E-state index in [1.807, 2.05) is 45.0 Å². The van der Waals surface area contributed by atoms with Gasteiger partial charge in [0.15, 0.2) is 5.82 Å². The van der Waals surface area contributed by atoms with Crippen molar-refractivity contribution >= 4 is 6.03 Å². The normalized spacial score (nSPS) is 19.4. The largest absolute Gasteiger partial charge is 0.487 e. The van der Waals surface area contributed by atoms with Crippen molar-refractivity contribution in [3.05, 3.63) is 41.5 Å². The predicted octanol–water partition coefficient (Wildman–Crippen LogP) is 3.43. The highest BCUT2D eigenvalue weighted by Crippen LogP contribution is 2.39. The molecule has 7 nitrogen and oxygen atoms in total. The van der Waals surface area contributed by atoms with Crippen LogP contribution in [-0.4, -0.2) is 21.8 Å². The number of carbonyl (C=O) groups is 1. The molecule has 25 heavy (non-hydrogen) atoms. The zero-order valence-electron chi connectivity index (χ0n) is 15.0. The summed E-state index contributed by atoms with van der Waals surface area (Å²) in [7, 11) is 0. The Kier molecular flexibility index (Phi) is 4.65. The number of para-hydroxylation sites is 1. The topological polar surface area (TPSA) is 89.3 Å². The zero-order valence-corrected chi connectivity index (χ0v) is 15.0. The maximum absolute atomic E-state index is 12.5. The minimum atomic E-state index is -0.346. The average Bonchev–Trinajstić information content (AvgIpc) is 2.98. The average molecular weight is 344 g/mol. The van der Waals surface area contributed by atoms with E-state index in [9.17, 15) is 4.79 Å². The van der Waals surface area contributed by atoms with Crippen molar-refractivity contribution in [2.45, 2.75) is 58.2 Å². The predicted molar refractivity (Wildman–Crippen MR) is 92.2 cm³/mol. The molecule has 2 N–H and O–H groups in total. The summed E-state index contributed by atoms with van der Waals surface area (Å²) in [6.07, 6.45) is 1.36. The van der Waals surface area contributed by atoms with E-state index in [0.29, 0.717) is 24.6 Å². The maximum atomic E-state index is 12.5. The highest BCUT2D eigenvalue weighted by Gasteiger charge is 2.34. The Labute approximate surface area is 147 Å². The van der Waals surface area contributed by atoms with Gasteiger partial charge in [-0.1, -0.05) is 30.3 Å². The number of hydrogen-bond donors (Lipinski definition) is 2.